The number of hydrogen-bond acceptors (Lipinski definition) is 5. The molecule has 15 heavy (non-hydrogen) atoms. The van der Waals surface area contributed by atoms with Crippen LogP contribution in [0.3, 0.4) is 0 Å². The Morgan fingerprint density at radius 2 is 2.07 bits per heavy atom. The minimum absolute atomic E-state index is 0.0391. The van der Waals surface area contributed by atoms with Crippen LogP contribution >= 0.6 is 0 Å². The van der Waals surface area contributed by atoms with Gasteiger partial charge in [0.05, 0.1) is 10.6 Å². The zero-order valence-corrected chi connectivity index (χ0v) is 7.45. The second kappa shape index (κ2) is 4.70. The predicted octanol–water partition coefficient (Wildman–Crippen LogP) is 1.08. The third kappa shape index (κ3) is 3.43. The second-order valence-corrected chi connectivity index (χ2v) is 2.51. The zero-order valence-electron chi connectivity index (χ0n) is 7.45. The maximum absolute atomic E-state index is 10.3. The van der Waals surface area contributed by atoms with Gasteiger partial charge in [-0.1, -0.05) is 0 Å². The Kier molecular flexibility index (Phi) is 3.33. The van der Waals surface area contributed by atoms with Crippen molar-refractivity contribution < 1.29 is 14.8 Å². The lowest BCUT2D eigenvalue weighted by molar-refractivity contribution is -0.384. The summed E-state index contributed by atoms with van der Waals surface area (Å²) in [7, 11) is 0. The van der Waals surface area contributed by atoms with Crippen molar-refractivity contribution in [1.29, 1.82) is 0 Å². The van der Waals surface area contributed by atoms with E-state index in [1.807, 2.05) is 0 Å². The average molecular weight is 209 g/mol. The van der Waals surface area contributed by atoms with Crippen molar-refractivity contribution in [3.63, 3.8) is 0 Å². The summed E-state index contributed by atoms with van der Waals surface area (Å²) in [5.41, 5.74) is 2.84. The minimum Gasteiger partial charge on any atom is -0.477 e. The molecule has 78 valence electrons. The molecule has 0 aliphatic rings. The van der Waals surface area contributed by atoms with Gasteiger partial charge >= 0.3 is 5.97 Å². The highest BCUT2D eigenvalue weighted by atomic mass is 16.6. The van der Waals surface area contributed by atoms with Crippen LogP contribution in [0.4, 0.5) is 11.4 Å². The molecule has 1 aromatic carbocycles. The molecule has 7 heteroatoms. The van der Waals surface area contributed by atoms with E-state index in [9.17, 15) is 14.9 Å². The van der Waals surface area contributed by atoms with E-state index in [0.717, 1.165) is 0 Å². The number of nitrogens with zero attached hydrogens (tertiary/aromatic N) is 2. The van der Waals surface area contributed by atoms with Crippen molar-refractivity contribution in [2.24, 2.45) is 5.10 Å². The van der Waals surface area contributed by atoms with Crippen LogP contribution in [0.15, 0.2) is 29.4 Å². The molecule has 0 spiro atoms. The number of nitro benzene ring substituents is 1. The van der Waals surface area contributed by atoms with Crippen molar-refractivity contribution in [3.05, 3.63) is 34.4 Å². The lowest BCUT2D eigenvalue weighted by Gasteiger charge is -1.97. The van der Waals surface area contributed by atoms with Crippen molar-refractivity contribution >= 4 is 23.6 Å². The quantitative estimate of drug-likeness (QED) is 0.438. The first kappa shape index (κ1) is 10.6. The smallest absolute Gasteiger partial charge is 0.348 e. The molecule has 0 unspecified atom stereocenters. The van der Waals surface area contributed by atoms with Crippen LogP contribution in [0.25, 0.3) is 0 Å². The number of hydrazone groups is 1. The molecule has 0 aromatic heterocycles. The molecule has 0 aliphatic carbocycles. The Hall–Kier alpha value is -2.44. The van der Waals surface area contributed by atoms with Gasteiger partial charge in [0.1, 0.15) is 6.21 Å². The number of aliphatic carboxylic acids is 1. The Morgan fingerprint density at radius 1 is 1.47 bits per heavy atom. The fourth-order valence-electron chi connectivity index (χ4n) is 0.820. The van der Waals surface area contributed by atoms with E-state index in [0.29, 0.717) is 11.9 Å². The third-order valence-corrected chi connectivity index (χ3v) is 1.45. The Labute approximate surface area is 84.2 Å². The van der Waals surface area contributed by atoms with Gasteiger partial charge in [-0.2, -0.15) is 5.10 Å². The number of carboxylic acids is 1. The number of anilines is 1. The normalized spacial score (nSPS) is 10.1. The number of benzene rings is 1. The lowest BCUT2D eigenvalue weighted by Crippen LogP contribution is -1.98. The molecule has 0 saturated carbocycles. The molecule has 0 bridgehead atoms. The molecule has 0 saturated heterocycles. The van der Waals surface area contributed by atoms with Gasteiger partial charge in [-0.25, -0.2) is 4.79 Å². The molecule has 1 rings (SSSR count). The monoisotopic (exact) mass is 209 g/mol. The minimum atomic E-state index is -1.18. The maximum atomic E-state index is 10.3. The van der Waals surface area contributed by atoms with Crippen LogP contribution < -0.4 is 5.43 Å². The van der Waals surface area contributed by atoms with Gasteiger partial charge in [-0.15, -0.1) is 0 Å². The number of nitro groups is 1. The summed E-state index contributed by atoms with van der Waals surface area (Å²) in [6, 6.07) is 5.44. The highest BCUT2D eigenvalue weighted by molar-refractivity contribution is 6.22. The molecule has 2 N–H and O–H groups in total. The second-order valence-electron chi connectivity index (χ2n) is 2.51. The number of nitrogens with one attached hydrogen (secondary N) is 1. The molecule has 0 amide bonds. The van der Waals surface area contributed by atoms with Gasteiger partial charge in [-0.05, 0) is 12.1 Å². The van der Waals surface area contributed by atoms with Crippen molar-refractivity contribution in [2.75, 3.05) is 5.43 Å². The van der Waals surface area contributed by atoms with Gasteiger partial charge in [0, 0.05) is 12.1 Å². The molecular formula is C8H7N3O4. The van der Waals surface area contributed by atoms with E-state index in [2.05, 4.69) is 10.5 Å². The zero-order chi connectivity index (χ0) is 11.3. The van der Waals surface area contributed by atoms with Crippen LogP contribution in [0.2, 0.25) is 0 Å². The fourth-order valence-corrected chi connectivity index (χ4v) is 0.820. The van der Waals surface area contributed by atoms with E-state index in [4.69, 9.17) is 5.11 Å². The van der Waals surface area contributed by atoms with Crippen LogP contribution in [-0.2, 0) is 4.79 Å². The summed E-state index contributed by atoms with van der Waals surface area (Å²) in [4.78, 5) is 19.8. The summed E-state index contributed by atoms with van der Waals surface area (Å²) >= 11 is 0. The summed E-state index contributed by atoms with van der Waals surface area (Å²) in [5, 5.41) is 21.9. The average Bonchev–Trinajstić information content (AvgIpc) is 2.18. The molecule has 0 heterocycles. The number of rotatable bonds is 4. The predicted molar refractivity (Wildman–Crippen MR) is 52.8 cm³/mol. The molecule has 1 aromatic rings. The van der Waals surface area contributed by atoms with Crippen LogP contribution in [-0.4, -0.2) is 22.2 Å². The van der Waals surface area contributed by atoms with E-state index in [1.165, 1.54) is 24.3 Å². The Balaban J connectivity index is 2.65. The van der Waals surface area contributed by atoms with E-state index < -0.39 is 10.9 Å². The van der Waals surface area contributed by atoms with Gasteiger partial charge in [-0.3, -0.25) is 15.5 Å². The molecule has 0 fully saturated rings. The highest BCUT2D eigenvalue weighted by Gasteiger charge is 2.02. The first-order valence-electron chi connectivity index (χ1n) is 3.86. The summed E-state index contributed by atoms with van der Waals surface area (Å²) in [6.07, 6.45) is 0.682. The van der Waals surface area contributed by atoms with Crippen molar-refractivity contribution in [3.8, 4) is 0 Å². The van der Waals surface area contributed by atoms with E-state index in [1.54, 1.807) is 0 Å². The van der Waals surface area contributed by atoms with E-state index in [-0.39, 0.29) is 5.69 Å². The van der Waals surface area contributed by atoms with Crippen LogP contribution in [0.5, 0.6) is 0 Å². The van der Waals surface area contributed by atoms with Crippen molar-refractivity contribution in [1.82, 2.24) is 0 Å². The molecular weight excluding hydrogens is 202 g/mol. The third-order valence-electron chi connectivity index (χ3n) is 1.45. The van der Waals surface area contributed by atoms with Crippen LogP contribution in [0.1, 0.15) is 0 Å². The SMILES string of the molecule is O=C(O)C=NNc1ccc([N+](=O)[O-])cc1. The number of carbonyl (C=O) groups is 1. The summed E-state index contributed by atoms with van der Waals surface area (Å²) < 4.78 is 0. The van der Waals surface area contributed by atoms with Gasteiger partial charge in [0.2, 0.25) is 0 Å². The highest BCUT2D eigenvalue weighted by Crippen LogP contribution is 2.14. The first-order valence-corrected chi connectivity index (χ1v) is 3.86. The topological polar surface area (TPSA) is 105 Å². The lowest BCUT2D eigenvalue weighted by atomic mass is 10.3. The largest absolute Gasteiger partial charge is 0.477 e. The number of non-ortho nitro benzene ring substituents is 1. The van der Waals surface area contributed by atoms with E-state index >= 15 is 0 Å². The molecule has 0 atom stereocenters. The molecule has 0 aliphatic heterocycles. The maximum Gasteiger partial charge on any atom is 0.348 e. The fraction of sp³-hybridized carbons (Fsp3) is 0. The Bertz CT molecular complexity index is 399. The summed E-state index contributed by atoms with van der Waals surface area (Å²) in [5.74, 6) is -1.18. The molecule has 0 radical (unpaired) electrons. The summed E-state index contributed by atoms with van der Waals surface area (Å²) in [6.45, 7) is 0. The number of carboxylic acid groups (broad SMARTS) is 1. The Morgan fingerprint density at radius 3 is 2.53 bits per heavy atom. The molecule has 7 nitrogen and oxygen atoms in total. The van der Waals surface area contributed by atoms with Crippen molar-refractivity contribution in [2.45, 2.75) is 0 Å². The number of hydrogen-bond donors (Lipinski definition) is 2. The first-order chi connectivity index (χ1) is 7.09. The van der Waals surface area contributed by atoms with Gasteiger partial charge < -0.3 is 5.11 Å². The standard InChI is InChI=1S/C8H7N3O4/c12-8(13)5-9-10-6-1-3-7(4-2-6)11(14)15/h1-5,10H,(H,12,13). The van der Waals surface area contributed by atoms with Gasteiger partial charge in [0.25, 0.3) is 5.69 Å². The van der Waals surface area contributed by atoms with Crippen LogP contribution in [0, 0.1) is 10.1 Å². The van der Waals surface area contributed by atoms with Gasteiger partial charge in [0.15, 0.2) is 0 Å².